The highest BCUT2D eigenvalue weighted by Gasteiger charge is 2.61. The van der Waals surface area contributed by atoms with Crippen LogP contribution in [0.25, 0.3) is 0 Å². The summed E-state index contributed by atoms with van der Waals surface area (Å²) in [5.41, 5.74) is 2.81. The minimum Gasteiger partial charge on any atom is -0.449 e. The Morgan fingerprint density at radius 1 is 1.32 bits per heavy atom. The number of hydrogen-bond acceptors (Lipinski definition) is 3. The Balaban J connectivity index is 1.67. The van der Waals surface area contributed by atoms with Crippen molar-refractivity contribution in [1.29, 1.82) is 0 Å². The van der Waals surface area contributed by atoms with Crippen LogP contribution < -0.4 is 0 Å². The number of rotatable bonds is 6. The lowest BCUT2D eigenvalue weighted by Crippen LogP contribution is -2.48. The summed E-state index contributed by atoms with van der Waals surface area (Å²) in [4.78, 5) is 14.8. The molecule has 3 heterocycles. The van der Waals surface area contributed by atoms with E-state index in [1.807, 2.05) is 0 Å². The van der Waals surface area contributed by atoms with Crippen LogP contribution in [-0.4, -0.2) is 46.9 Å². The summed E-state index contributed by atoms with van der Waals surface area (Å²) in [5, 5.41) is 0. The first-order chi connectivity index (χ1) is 13.7. The summed E-state index contributed by atoms with van der Waals surface area (Å²) < 4.78 is 6.00. The van der Waals surface area contributed by atoms with Crippen LogP contribution in [0.5, 0.6) is 0 Å². The number of allylic oxidation sites excluding steroid dienone is 2. The first kappa shape index (κ1) is 20.1. The van der Waals surface area contributed by atoms with Gasteiger partial charge >= 0.3 is 5.97 Å². The van der Waals surface area contributed by atoms with Crippen LogP contribution in [0, 0.1) is 11.8 Å². The summed E-state index contributed by atoms with van der Waals surface area (Å²) in [6.07, 6.45) is 14.1. The van der Waals surface area contributed by atoms with Crippen LogP contribution in [0.2, 0.25) is 0 Å². The van der Waals surface area contributed by atoms with Crippen LogP contribution in [0.15, 0.2) is 34.9 Å². The minimum atomic E-state index is -0.452. The molecule has 0 aromatic rings. The summed E-state index contributed by atoms with van der Waals surface area (Å²) in [5.74, 6) is 7.62. The van der Waals surface area contributed by atoms with Crippen molar-refractivity contribution in [2.24, 2.45) is 0 Å². The molecular formula is C23H27Cl2NO2. The maximum absolute atomic E-state index is 12.3. The molecule has 3 aliphatic heterocycles. The molecule has 5 heteroatoms. The summed E-state index contributed by atoms with van der Waals surface area (Å²) in [6.45, 7) is 1.09. The van der Waals surface area contributed by atoms with Gasteiger partial charge in [0, 0.05) is 47.9 Å². The average molecular weight is 420 g/mol. The lowest BCUT2D eigenvalue weighted by molar-refractivity contribution is -0.148. The van der Waals surface area contributed by atoms with Crippen molar-refractivity contribution < 1.29 is 9.53 Å². The van der Waals surface area contributed by atoms with Crippen molar-refractivity contribution in [2.75, 3.05) is 18.3 Å². The van der Waals surface area contributed by atoms with Gasteiger partial charge in [-0.25, -0.2) is 4.79 Å². The third-order valence-corrected chi connectivity index (χ3v) is 6.83. The smallest absolute Gasteiger partial charge is 0.332 e. The van der Waals surface area contributed by atoms with Crippen molar-refractivity contribution in [3.63, 3.8) is 0 Å². The van der Waals surface area contributed by atoms with Crippen molar-refractivity contribution in [2.45, 2.75) is 69.1 Å². The average Bonchev–Trinajstić information content (AvgIpc) is 3.18. The fourth-order valence-electron chi connectivity index (χ4n) is 5.17. The molecular weight excluding hydrogens is 393 g/mol. The highest BCUT2D eigenvalue weighted by Crippen LogP contribution is 2.53. The predicted molar refractivity (Wildman–Crippen MR) is 114 cm³/mol. The number of halogens is 2. The fraction of sp³-hybridized carbons (Fsp3) is 0.609. The Kier molecular flexibility index (Phi) is 6.21. The third-order valence-electron chi connectivity index (χ3n) is 6.30. The first-order valence-electron chi connectivity index (χ1n) is 10.4. The Morgan fingerprint density at radius 3 is 3.00 bits per heavy atom. The van der Waals surface area contributed by atoms with E-state index in [1.54, 1.807) is 6.08 Å². The van der Waals surface area contributed by atoms with Crippen molar-refractivity contribution in [1.82, 2.24) is 4.90 Å². The molecule has 4 rings (SSSR count). The van der Waals surface area contributed by atoms with E-state index in [-0.39, 0.29) is 5.97 Å². The van der Waals surface area contributed by atoms with Gasteiger partial charge in [-0.15, -0.1) is 23.2 Å². The van der Waals surface area contributed by atoms with Gasteiger partial charge in [-0.3, -0.25) is 4.90 Å². The molecule has 0 aromatic carbocycles. The zero-order valence-corrected chi connectivity index (χ0v) is 17.7. The molecule has 0 saturated carbocycles. The second-order valence-electron chi connectivity index (χ2n) is 8.07. The molecule has 2 fully saturated rings. The fourth-order valence-corrected chi connectivity index (χ4v) is 5.44. The number of esters is 1. The van der Waals surface area contributed by atoms with E-state index in [1.165, 1.54) is 12.8 Å². The molecule has 2 bridgehead atoms. The van der Waals surface area contributed by atoms with Crippen LogP contribution in [-0.2, 0) is 9.53 Å². The lowest BCUT2D eigenvalue weighted by atomic mass is 9.76. The number of hydrogen-bond donors (Lipinski definition) is 0. The van der Waals surface area contributed by atoms with Gasteiger partial charge in [0.05, 0.1) is 6.04 Å². The van der Waals surface area contributed by atoms with Gasteiger partial charge in [-0.1, -0.05) is 24.3 Å². The second-order valence-corrected chi connectivity index (χ2v) is 8.82. The summed E-state index contributed by atoms with van der Waals surface area (Å²) in [6, 6.07) is 0.658. The Bertz CT molecular complexity index is 788. The van der Waals surface area contributed by atoms with E-state index in [0.29, 0.717) is 23.8 Å². The zero-order chi connectivity index (χ0) is 19.6. The number of fused-ring (bicyclic) bond motifs is 3. The number of carbonyl (C=O) groups is 1. The van der Waals surface area contributed by atoms with Gasteiger partial charge in [-0.05, 0) is 50.3 Å². The standard InChI is InChI=1S/C23H27Cl2NO2/c24-10-4-1-2-7-17(8-6-11-25)13-18-14-19-16-23(20(18)15-22(27)28-23)21-9-3-5-12-26(19)21/h13-15,19,21H,1,3-6,8-12,16H2/b17-13+/t19-,21-,23+/m1/s1. The van der Waals surface area contributed by atoms with Gasteiger partial charge in [0.25, 0.3) is 0 Å². The Hall–Kier alpha value is -1.21. The third kappa shape index (κ3) is 3.67. The molecule has 0 aromatic heterocycles. The number of carbonyl (C=O) groups excluding carboxylic acids is 1. The molecule has 0 amide bonds. The van der Waals surface area contributed by atoms with Gasteiger partial charge in [0.15, 0.2) is 5.60 Å². The largest absolute Gasteiger partial charge is 0.449 e. The molecule has 28 heavy (non-hydrogen) atoms. The minimum absolute atomic E-state index is 0.196. The number of alkyl halides is 2. The monoisotopic (exact) mass is 419 g/mol. The molecule has 0 N–H and O–H groups in total. The van der Waals surface area contributed by atoms with E-state index in [2.05, 4.69) is 28.9 Å². The van der Waals surface area contributed by atoms with Crippen LogP contribution in [0.1, 0.15) is 51.4 Å². The normalized spacial score (nSPS) is 31.4. The quantitative estimate of drug-likeness (QED) is 0.269. The molecule has 3 nitrogen and oxygen atoms in total. The van der Waals surface area contributed by atoms with Gasteiger partial charge in [-0.2, -0.15) is 0 Å². The molecule has 4 aliphatic rings. The number of ether oxygens (including phenoxy) is 1. The van der Waals surface area contributed by atoms with Crippen molar-refractivity contribution in [3.05, 3.63) is 34.9 Å². The lowest BCUT2D eigenvalue weighted by Gasteiger charge is -2.38. The molecule has 3 atom stereocenters. The van der Waals surface area contributed by atoms with Gasteiger partial charge in [0.2, 0.25) is 0 Å². The van der Waals surface area contributed by atoms with E-state index in [9.17, 15) is 4.79 Å². The highest BCUT2D eigenvalue weighted by molar-refractivity contribution is 6.18. The molecule has 2 saturated heterocycles. The first-order valence-corrected chi connectivity index (χ1v) is 11.5. The van der Waals surface area contributed by atoms with Crippen molar-refractivity contribution >= 4 is 29.2 Å². The van der Waals surface area contributed by atoms with E-state index in [4.69, 9.17) is 27.9 Å². The Labute approximate surface area is 177 Å². The molecule has 0 unspecified atom stereocenters. The number of piperidine rings is 1. The highest BCUT2D eigenvalue weighted by atomic mass is 35.5. The van der Waals surface area contributed by atoms with Gasteiger partial charge in [0.1, 0.15) is 0 Å². The maximum Gasteiger partial charge on any atom is 0.332 e. The summed E-state index contributed by atoms with van der Waals surface area (Å²) in [7, 11) is 0. The Morgan fingerprint density at radius 2 is 2.18 bits per heavy atom. The van der Waals surface area contributed by atoms with Crippen LogP contribution in [0.4, 0.5) is 0 Å². The number of nitrogens with zero attached hydrogens (tertiary/aromatic N) is 1. The molecule has 1 spiro atoms. The maximum atomic E-state index is 12.3. The number of unbranched alkanes of at least 4 members (excludes halogenated alkanes) is 1. The molecule has 0 radical (unpaired) electrons. The van der Waals surface area contributed by atoms with E-state index in [0.717, 1.165) is 61.8 Å². The van der Waals surface area contributed by atoms with Gasteiger partial charge < -0.3 is 4.74 Å². The topological polar surface area (TPSA) is 29.5 Å². The van der Waals surface area contributed by atoms with E-state index < -0.39 is 5.60 Å². The summed E-state index contributed by atoms with van der Waals surface area (Å²) >= 11 is 11.7. The van der Waals surface area contributed by atoms with Crippen LogP contribution in [0.3, 0.4) is 0 Å². The van der Waals surface area contributed by atoms with Crippen molar-refractivity contribution in [3.8, 4) is 11.8 Å². The van der Waals surface area contributed by atoms with Crippen LogP contribution >= 0.6 is 23.2 Å². The zero-order valence-electron chi connectivity index (χ0n) is 16.2. The predicted octanol–water partition coefficient (Wildman–Crippen LogP) is 4.74. The van der Waals surface area contributed by atoms with E-state index >= 15 is 0 Å². The second kappa shape index (κ2) is 8.66. The molecule has 1 aliphatic carbocycles. The molecule has 150 valence electrons. The SMILES string of the molecule is O=C1C=C2C(/C=C(\C#CCCCCl)CCCCl)=C[C@@H]3C[C@@]2(O1)[C@H]1CCCCN31.